The van der Waals surface area contributed by atoms with E-state index in [0.29, 0.717) is 32.5 Å². The van der Waals surface area contributed by atoms with Crippen molar-refractivity contribution >= 4 is 26.8 Å². The Morgan fingerprint density at radius 2 is 2.00 bits per heavy atom. The number of nitrogens with one attached hydrogen (secondary N) is 1. The van der Waals surface area contributed by atoms with Crippen LogP contribution in [0.3, 0.4) is 0 Å². The van der Waals surface area contributed by atoms with Crippen LogP contribution in [0.2, 0.25) is 0 Å². The van der Waals surface area contributed by atoms with Gasteiger partial charge in [0.05, 0.1) is 26.0 Å². The van der Waals surface area contributed by atoms with E-state index in [1.807, 2.05) is 23.1 Å². The highest BCUT2D eigenvalue weighted by molar-refractivity contribution is 7.88. The van der Waals surface area contributed by atoms with Crippen molar-refractivity contribution in [2.45, 2.75) is 37.1 Å². The van der Waals surface area contributed by atoms with Gasteiger partial charge in [0, 0.05) is 53.6 Å². The highest BCUT2D eigenvalue weighted by Crippen LogP contribution is 2.50. The lowest BCUT2D eigenvalue weighted by Crippen LogP contribution is -2.56. The molecule has 3 heterocycles. The summed E-state index contributed by atoms with van der Waals surface area (Å²) in [6.45, 7) is 1.21. The number of amides is 1. The first-order valence-electron chi connectivity index (χ1n) is 10.8. The van der Waals surface area contributed by atoms with Crippen LogP contribution in [0.15, 0.2) is 18.2 Å². The van der Waals surface area contributed by atoms with Crippen LogP contribution < -0.4 is 4.74 Å². The smallest absolute Gasteiger partial charge is 0.226 e. The van der Waals surface area contributed by atoms with Crippen molar-refractivity contribution in [2.24, 2.45) is 5.92 Å². The molecule has 2 aromatic rings. The number of H-pyrrole nitrogens is 1. The van der Waals surface area contributed by atoms with E-state index in [9.17, 15) is 18.3 Å². The van der Waals surface area contributed by atoms with Gasteiger partial charge >= 0.3 is 0 Å². The lowest BCUT2D eigenvalue weighted by Gasteiger charge is -2.50. The number of methoxy groups -OCH3 is 1. The number of hydrogen-bond donors (Lipinski definition) is 2. The number of ether oxygens (including phenoxy) is 1. The van der Waals surface area contributed by atoms with E-state index >= 15 is 0 Å². The van der Waals surface area contributed by atoms with E-state index < -0.39 is 16.1 Å². The molecule has 2 aliphatic heterocycles. The molecule has 1 aromatic carbocycles. The molecule has 1 saturated heterocycles. The van der Waals surface area contributed by atoms with Crippen molar-refractivity contribution < 1.29 is 23.1 Å². The molecular formula is C22H29N3O5S. The molecular weight excluding hydrogens is 418 g/mol. The molecule has 1 aromatic heterocycles. The third-order valence-electron chi connectivity index (χ3n) is 7.28. The first-order valence-corrected chi connectivity index (χ1v) is 12.7. The number of nitrogens with zero attached hydrogens (tertiary/aromatic N) is 2. The van der Waals surface area contributed by atoms with Crippen LogP contribution in [0, 0.1) is 5.92 Å². The largest absolute Gasteiger partial charge is 0.497 e. The number of benzene rings is 1. The highest BCUT2D eigenvalue weighted by atomic mass is 32.2. The number of aromatic amines is 1. The molecule has 8 nitrogen and oxygen atoms in total. The summed E-state index contributed by atoms with van der Waals surface area (Å²) in [6, 6.07) is 5.47. The molecule has 3 aliphatic rings. The number of hydrogen-bond acceptors (Lipinski definition) is 5. The third-order valence-corrected chi connectivity index (χ3v) is 8.58. The van der Waals surface area contributed by atoms with Gasteiger partial charge in [-0.25, -0.2) is 12.7 Å². The van der Waals surface area contributed by atoms with Crippen molar-refractivity contribution in [3.8, 4) is 5.75 Å². The van der Waals surface area contributed by atoms with Gasteiger partial charge in [-0.05, 0) is 43.4 Å². The fraction of sp³-hybridized carbons (Fsp3) is 0.591. The molecule has 1 spiro atoms. The fourth-order valence-corrected chi connectivity index (χ4v) is 6.30. The number of aromatic nitrogens is 1. The summed E-state index contributed by atoms with van der Waals surface area (Å²) in [6.07, 6.45) is 4.33. The molecule has 5 rings (SSSR count). The number of rotatable bonds is 4. The van der Waals surface area contributed by atoms with Crippen molar-refractivity contribution in [1.82, 2.24) is 14.2 Å². The van der Waals surface area contributed by atoms with Gasteiger partial charge < -0.3 is 19.7 Å². The van der Waals surface area contributed by atoms with Crippen LogP contribution in [-0.2, 0) is 20.2 Å². The number of aliphatic hydroxyl groups is 1. The Labute approximate surface area is 182 Å². The van der Waals surface area contributed by atoms with Gasteiger partial charge in [-0.1, -0.05) is 0 Å². The summed E-state index contributed by atoms with van der Waals surface area (Å²) in [7, 11) is -1.63. The normalized spacial score (nSPS) is 23.8. The molecule has 0 bridgehead atoms. The van der Waals surface area contributed by atoms with Gasteiger partial charge in [-0.2, -0.15) is 0 Å². The molecule has 168 valence electrons. The van der Waals surface area contributed by atoms with E-state index in [1.54, 1.807) is 7.11 Å². The second-order valence-corrected chi connectivity index (χ2v) is 11.2. The van der Waals surface area contributed by atoms with Crippen LogP contribution in [0.25, 0.3) is 10.9 Å². The zero-order chi connectivity index (χ0) is 22.0. The van der Waals surface area contributed by atoms with Crippen LogP contribution in [0.1, 0.15) is 43.0 Å². The predicted octanol–water partition coefficient (Wildman–Crippen LogP) is 1.76. The Morgan fingerprint density at radius 3 is 2.58 bits per heavy atom. The van der Waals surface area contributed by atoms with E-state index in [2.05, 4.69) is 4.98 Å². The van der Waals surface area contributed by atoms with Gasteiger partial charge in [-0.15, -0.1) is 0 Å². The summed E-state index contributed by atoms with van der Waals surface area (Å²) in [4.78, 5) is 18.5. The average Bonchev–Trinajstić information content (AvgIpc) is 3.52. The Balaban J connectivity index is 1.65. The number of carbonyl (C=O) groups excluding carboxylic acids is 1. The van der Waals surface area contributed by atoms with Gasteiger partial charge in [0.1, 0.15) is 5.75 Å². The minimum Gasteiger partial charge on any atom is -0.497 e. The lowest BCUT2D eigenvalue weighted by atomic mass is 9.68. The second-order valence-electron chi connectivity index (χ2n) is 9.21. The Bertz CT molecular complexity index is 1130. The Morgan fingerprint density at radius 1 is 1.29 bits per heavy atom. The van der Waals surface area contributed by atoms with Crippen LogP contribution in [0.5, 0.6) is 5.75 Å². The minimum absolute atomic E-state index is 0.0493. The molecule has 1 aliphatic carbocycles. The molecule has 31 heavy (non-hydrogen) atoms. The zero-order valence-electron chi connectivity index (χ0n) is 17.9. The highest BCUT2D eigenvalue weighted by Gasteiger charge is 2.51. The number of fused-ring (bicyclic) bond motifs is 4. The average molecular weight is 448 g/mol. The molecule has 2 fully saturated rings. The molecule has 0 radical (unpaired) electrons. The van der Waals surface area contributed by atoms with Gasteiger partial charge in [-0.3, -0.25) is 4.79 Å². The summed E-state index contributed by atoms with van der Waals surface area (Å²) in [5.41, 5.74) is 2.56. The quantitative estimate of drug-likeness (QED) is 0.743. The van der Waals surface area contributed by atoms with Gasteiger partial charge in [0.2, 0.25) is 15.9 Å². The SMILES string of the molecule is COc1ccc2c3c([nH]c2c1)[C@@H](CO)N(C(=O)C1CC1)CC31CCN(S(C)(=O)=O)CC1. The second kappa shape index (κ2) is 7.21. The van der Waals surface area contributed by atoms with Crippen molar-refractivity contribution in [3.63, 3.8) is 0 Å². The molecule has 1 amide bonds. The van der Waals surface area contributed by atoms with Crippen molar-refractivity contribution in [2.75, 3.05) is 39.6 Å². The van der Waals surface area contributed by atoms with Crippen LogP contribution in [-0.4, -0.2) is 73.2 Å². The van der Waals surface area contributed by atoms with E-state index in [4.69, 9.17) is 4.74 Å². The summed E-state index contributed by atoms with van der Waals surface area (Å²) in [5.74, 6) is 0.887. The van der Waals surface area contributed by atoms with E-state index in [0.717, 1.165) is 40.8 Å². The van der Waals surface area contributed by atoms with E-state index in [1.165, 1.54) is 10.6 Å². The summed E-state index contributed by atoms with van der Waals surface area (Å²) < 4.78 is 31.1. The minimum atomic E-state index is -3.26. The van der Waals surface area contributed by atoms with E-state index in [-0.39, 0.29) is 23.8 Å². The van der Waals surface area contributed by atoms with Gasteiger partial charge in [0.25, 0.3) is 0 Å². The summed E-state index contributed by atoms with van der Waals surface area (Å²) in [5, 5.41) is 11.4. The maximum absolute atomic E-state index is 13.2. The number of carbonyl (C=O) groups is 1. The molecule has 9 heteroatoms. The van der Waals surface area contributed by atoms with Crippen molar-refractivity contribution in [3.05, 3.63) is 29.5 Å². The fourth-order valence-electron chi connectivity index (χ4n) is 5.46. The molecule has 2 N–H and O–H groups in total. The number of piperidine rings is 1. The maximum Gasteiger partial charge on any atom is 0.226 e. The van der Waals surface area contributed by atoms with Crippen LogP contribution >= 0.6 is 0 Å². The van der Waals surface area contributed by atoms with Gasteiger partial charge in [0.15, 0.2) is 0 Å². The first-order chi connectivity index (χ1) is 14.8. The standard InChI is InChI=1S/C22H29N3O5S/c1-30-15-5-6-16-17(11-15)23-20-18(12-26)25(21(27)14-3-4-14)13-22(19(16)20)7-9-24(10-8-22)31(2,28)29/h5-6,11,14,18,23,26H,3-4,7-10,12-13H2,1-2H3/t18-/m1/s1. The molecule has 1 saturated carbocycles. The van der Waals surface area contributed by atoms with Crippen molar-refractivity contribution in [1.29, 1.82) is 0 Å². The van der Waals surface area contributed by atoms with Crippen LogP contribution in [0.4, 0.5) is 0 Å². The molecule has 0 unspecified atom stereocenters. The topological polar surface area (TPSA) is 103 Å². The number of aliphatic hydroxyl groups excluding tert-OH is 1. The summed E-state index contributed by atoms with van der Waals surface area (Å²) >= 11 is 0. The predicted molar refractivity (Wildman–Crippen MR) is 116 cm³/mol. The Hall–Kier alpha value is -2.10. The molecule has 1 atom stereocenters. The number of sulfonamides is 1. The first kappa shape index (κ1) is 20.8. The monoisotopic (exact) mass is 447 g/mol. The Kier molecular flexibility index (Phi) is 4.84. The third kappa shape index (κ3) is 3.34. The lowest BCUT2D eigenvalue weighted by molar-refractivity contribution is -0.138. The maximum atomic E-state index is 13.2. The zero-order valence-corrected chi connectivity index (χ0v) is 18.7.